The summed E-state index contributed by atoms with van der Waals surface area (Å²) in [6, 6.07) is 2.65. The third-order valence-corrected chi connectivity index (χ3v) is 3.01. The molecule has 2 rings (SSSR count). The summed E-state index contributed by atoms with van der Waals surface area (Å²) in [5.74, 6) is -0.677. The van der Waals surface area contributed by atoms with Crippen LogP contribution in [0.3, 0.4) is 0 Å². The van der Waals surface area contributed by atoms with Crippen LogP contribution in [0.15, 0.2) is 35.2 Å². The number of pyridine rings is 2. The number of halogens is 1. The van der Waals surface area contributed by atoms with Crippen LogP contribution < -0.4 is 11.1 Å². The summed E-state index contributed by atoms with van der Waals surface area (Å²) in [6.45, 7) is 0. The summed E-state index contributed by atoms with van der Waals surface area (Å²) < 4.78 is 0.574. The first-order valence-corrected chi connectivity index (χ1v) is 6.09. The number of aromatic nitrogens is 2. The maximum atomic E-state index is 12.1. The summed E-state index contributed by atoms with van der Waals surface area (Å²) in [5, 5.41) is 13.2. The third-order valence-electron chi connectivity index (χ3n) is 2.38. The Kier molecular flexibility index (Phi) is 3.89. The first-order chi connectivity index (χ1) is 9.49. The Morgan fingerprint density at radius 1 is 1.45 bits per heavy atom. The highest BCUT2D eigenvalue weighted by Gasteiger charge is 2.17. The first kappa shape index (κ1) is 13.9. The molecular weight excluding hydrogens is 330 g/mol. The summed E-state index contributed by atoms with van der Waals surface area (Å²) in [7, 11) is 0. The lowest BCUT2D eigenvalue weighted by atomic mass is 10.2. The zero-order valence-electron chi connectivity index (χ0n) is 9.91. The minimum atomic E-state index is -0.647. The lowest BCUT2D eigenvalue weighted by Gasteiger charge is -2.08. The van der Waals surface area contributed by atoms with E-state index in [1.165, 1.54) is 12.4 Å². The molecule has 102 valence electrons. The molecule has 2 heterocycles. The van der Waals surface area contributed by atoms with Crippen molar-refractivity contribution in [1.82, 2.24) is 9.97 Å². The van der Waals surface area contributed by atoms with Gasteiger partial charge in [0.25, 0.3) is 11.6 Å². The number of amides is 1. The lowest BCUT2D eigenvalue weighted by Crippen LogP contribution is -2.15. The minimum Gasteiger partial charge on any atom is -0.383 e. The van der Waals surface area contributed by atoms with Gasteiger partial charge in [-0.25, -0.2) is 4.98 Å². The van der Waals surface area contributed by atoms with Gasteiger partial charge >= 0.3 is 0 Å². The zero-order chi connectivity index (χ0) is 14.7. The number of rotatable bonds is 3. The van der Waals surface area contributed by atoms with Gasteiger partial charge in [0.15, 0.2) is 0 Å². The lowest BCUT2D eigenvalue weighted by molar-refractivity contribution is -0.385. The van der Waals surface area contributed by atoms with Gasteiger partial charge in [0.1, 0.15) is 12.0 Å². The Morgan fingerprint density at radius 3 is 2.85 bits per heavy atom. The Labute approximate surface area is 121 Å². The summed E-state index contributed by atoms with van der Waals surface area (Å²) in [4.78, 5) is 29.6. The summed E-state index contributed by atoms with van der Waals surface area (Å²) in [6.07, 6.45) is 3.99. The smallest absolute Gasteiger partial charge is 0.288 e. The van der Waals surface area contributed by atoms with E-state index in [9.17, 15) is 14.9 Å². The molecule has 0 saturated carbocycles. The molecule has 0 fully saturated rings. The van der Waals surface area contributed by atoms with Crippen molar-refractivity contribution in [3.8, 4) is 0 Å². The number of nitrogens with two attached hydrogens (primary N) is 1. The predicted molar refractivity (Wildman–Crippen MR) is 75.2 cm³/mol. The van der Waals surface area contributed by atoms with E-state index in [0.29, 0.717) is 10.2 Å². The van der Waals surface area contributed by atoms with Crippen LogP contribution >= 0.6 is 15.9 Å². The van der Waals surface area contributed by atoms with E-state index in [0.717, 1.165) is 12.3 Å². The van der Waals surface area contributed by atoms with Gasteiger partial charge in [-0.05, 0) is 22.0 Å². The second-order valence-electron chi connectivity index (χ2n) is 3.69. The number of nitrogens with zero attached hydrogens (tertiary/aromatic N) is 3. The molecule has 0 unspecified atom stereocenters. The fourth-order valence-corrected chi connectivity index (χ4v) is 1.76. The molecule has 9 heteroatoms. The van der Waals surface area contributed by atoms with E-state index in [1.54, 1.807) is 6.07 Å². The number of carbonyl (C=O) groups is 1. The van der Waals surface area contributed by atoms with Gasteiger partial charge in [-0.1, -0.05) is 0 Å². The standard InChI is InChI=1S/C11H8BrN5O3/c12-8-5-14-2-1-9(8)16-11(18)7-3-6(17(19)20)4-15-10(7)13/h1-5H,(H2,13,15)(H,14,16,18). The van der Waals surface area contributed by atoms with Crippen molar-refractivity contribution in [2.75, 3.05) is 11.1 Å². The Balaban J connectivity index is 2.32. The van der Waals surface area contributed by atoms with Crippen LogP contribution in [0.5, 0.6) is 0 Å². The number of hydrogen-bond acceptors (Lipinski definition) is 6. The Hall–Kier alpha value is -2.55. The molecule has 0 spiro atoms. The van der Waals surface area contributed by atoms with E-state index < -0.39 is 10.8 Å². The monoisotopic (exact) mass is 337 g/mol. The van der Waals surface area contributed by atoms with Gasteiger partial charge in [0.05, 0.1) is 20.6 Å². The Bertz CT molecular complexity index is 692. The van der Waals surface area contributed by atoms with Crippen LogP contribution in [0, 0.1) is 10.1 Å². The van der Waals surface area contributed by atoms with Crippen molar-refractivity contribution in [3.05, 3.63) is 50.9 Å². The number of nitro groups is 1. The van der Waals surface area contributed by atoms with Crippen LogP contribution in [0.2, 0.25) is 0 Å². The van der Waals surface area contributed by atoms with Gasteiger partial charge < -0.3 is 11.1 Å². The van der Waals surface area contributed by atoms with Crippen LogP contribution in [-0.4, -0.2) is 20.8 Å². The largest absolute Gasteiger partial charge is 0.383 e. The molecule has 20 heavy (non-hydrogen) atoms. The first-order valence-electron chi connectivity index (χ1n) is 5.30. The van der Waals surface area contributed by atoms with E-state index in [1.807, 2.05) is 0 Å². The molecule has 2 aromatic rings. The van der Waals surface area contributed by atoms with E-state index in [2.05, 4.69) is 31.2 Å². The zero-order valence-corrected chi connectivity index (χ0v) is 11.5. The van der Waals surface area contributed by atoms with Crippen LogP contribution in [0.4, 0.5) is 17.2 Å². The van der Waals surface area contributed by atoms with Crippen LogP contribution in [0.1, 0.15) is 10.4 Å². The average molecular weight is 338 g/mol. The van der Waals surface area contributed by atoms with E-state index in [-0.39, 0.29) is 17.1 Å². The predicted octanol–water partition coefficient (Wildman–Crippen LogP) is 1.98. The molecule has 3 N–H and O–H groups in total. The fourth-order valence-electron chi connectivity index (χ4n) is 1.41. The molecular formula is C11H8BrN5O3. The minimum absolute atomic E-state index is 0.0667. The molecule has 0 aliphatic rings. The van der Waals surface area contributed by atoms with Gasteiger partial charge in [-0.2, -0.15) is 0 Å². The number of anilines is 2. The van der Waals surface area contributed by atoms with Crippen LogP contribution in [0.25, 0.3) is 0 Å². The second-order valence-corrected chi connectivity index (χ2v) is 4.55. The van der Waals surface area contributed by atoms with E-state index >= 15 is 0 Å². The van der Waals surface area contributed by atoms with E-state index in [4.69, 9.17) is 5.73 Å². The van der Waals surface area contributed by atoms with Gasteiger partial charge in [0, 0.05) is 18.5 Å². The molecule has 8 nitrogen and oxygen atoms in total. The third kappa shape index (κ3) is 2.88. The molecule has 2 aromatic heterocycles. The second kappa shape index (κ2) is 5.61. The molecule has 0 atom stereocenters. The van der Waals surface area contributed by atoms with Crippen molar-refractivity contribution < 1.29 is 9.72 Å². The summed E-state index contributed by atoms with van der Waals surface area (Å²) >= 11 is 3.22. The normalized spacial score (nSPS) is 10.1. The maximum absolute atomic E-state index is 12.1. The highest BCUT2D eigenvalue weighted by molar-refractivity contribution is 9.10. The van der Waals surface area contributed by atoms with Crippen molar-refractivity contribution >= 4 is 39.0 Å². The molecule has 1 amide bonds. The molecule has 0 aliphatic carbocycles. The van der Waals surface area contributed by atoms with Crippen molar-refractivity contribution in [3.63, 3.8) is 0 Å². The number of hydrogen-bond donors (Lipinski definition) is 2. The summed E-state index contributed by atoms with van der Waals surface area (Å²) in [5.41, 5.74) is 5.66. The molecule has 0 aromatic carbocycles. The number of carbonyl (C=O) groups excluding carboxylic acids is 1. The quantitative estimate of drug-likeness (QED) is 0.651. The Morgan fingerprint density at radius 2 is 2.20 bits per heavy atom. The van der Waals surface area contributed by atoms with Gasteiger partial charge in [0.2, 0.25) is 0 Å². The SMILES string of the molecule is Nc1ncc([N+](=O)[O-])cc1C(=O)Nc1ccncc1Br. The van der Waals surface area contributed by atoms with Crippen molar-refractivity contribution in [2.24, 2.45) is 0 Å². The molecule has 0 aliphatic heterocycles. The number of nitrogens with one attached hydrogen (secondary N) is 1. The van der Waals surface area contributed by atoms with Crippen molar-refractivity contribution in [1.29, 1.82) is 0 Å². The topological polar surface area (TPSA) is 124 Å². The van der Waals surface area contributed by atoms with Gasteiger partial charge in [-0.15, -0.1) is 0 Å². The van der Waals surface area contributed by atoms with Crippen molar-refractivity contribution in [2.45, 2.75) is 0 Å². The fraction of sp³-hybridized carbons (Fsp3) is 0. The highest BCUT2D eigenvalue weighted by atomic mass is 79.9. The highest BCUT2D eigenvalue weighted by Crippen LogP contribution is 2.22. The molecule has 0 bridgehead atoms. The molecule has 0 saturated heterocycles. The molecule has 0 radical (unpaired) electrons. The van der Waals surface area contributed by atoms with Crippen LogP contribution in [-0.2, 0) is 0 Å². The maximum Gasteiger partial charge on any atom is 0.288 e. The van der Waals surface area contributed by atoms with Gasteiger partial charge in [-0.3, -0.25) is 19.9 Å². The number of nitrogen functional groups attached to an aromatic ring is 1. The average Bonchev–Trinajstić information content (AvgIpc) is 2.41.